The number of methoxy groups -OCH3 is 1. The molecule has 0 radical (unpaired) electrons. The molecule has 3 rings (SSSR count). The lowest BCUT2D eigenvalue weighted by Gasteiger charge is -2.21. The average molecular weight is 541 g/mol. The van der Waals surface area contributed by atoms with Crippen LogP contribution in [-0.4, -0.2) is 74.2 Å². The third kappa shape index (κ3) is 9.29. The number of carbonyl (C=O) groups excluding carboxylic acids is 4. The predicted octanol–water partition coefficient (Wildman–Crippen LogP) is 0.699. The highest BCUT2D eigenvalue weighted by Gasteiger charge is 2.25. The van der Waals surface area contributed by atoms with E-state index >= 15 is 0 Å². The maximum Gasteiger partial charge on any atom is 0.255 e. The Morgan fingerprint density at radius 1 is 1.13 bits per heavy atom. The van der Waals surface area contributed by atoms with Crippen molar-refractivity contribution < 1.29 is 33.8 Å². The summed E-state index contributed by atoms with van der Waals surface area (Å²) in [6.45, 7) is 0.272. The fraction of sp³-hybridized carbons (Fsp3) is 0.429. The second-order valence-electron chi connectivity index (χ2n) is 9.10. The largest absolute Gasteiger partial charge is 0.497 e. The van der Waals surface area contributed by atoms with Crippen LogP contribution in [0.1, 0.15) is 41.6 Å². The van der Waals surface area contributed by atoms with Crippen LogP contribution in [-0.2, 0) is 20.8 Å². The van der Waals surface area contributed by atoms with Crippen molar-refractivity contribution in [2.24, 2.45) is 0 Å². The number of hydrogen-bond acceptors (Lipinski definition) is 7. The highest BCUT2D eigenvalue weighted by molar-refractivity contribution is 5.99. The van der Waals surface area contributed by atoms with Crippen LogP contribution >= 0.6 is 0 Å². The Morgan fingerprint density at radius 2 is 1.95 bits per heavy atom. The molecule has 0 bridgehead atoms. The van der Waals surface area contributed by atoms with E-state index in [4.69, 9.17) is 9.47 Å². The molecule has 210 valence electrons. The Labute approximate surface area is 227 Å². The number of ether oxygens (including phenoxy) is 2. The molecule has 0 aliphatic carbocycles. The smallest absolute Gasteiger partial charge is 0.255 e. The molecule has 0 unspecified atom stereocenters. The van der Waals surface area contributed by atoms with Crippen LogP contribution in [0.5, 0.6) is 11.5 Å². The second-order valence-corrected chi connectivity index (χ2v) is 9.10. The molecule has 0 saturated carbocycles. The molecule has 2 atom stereocenters. The number of hydrogen-bond donors (Lipinski definition) is 5. The van der Waals surface area contributed by atoms with Crippen LogP contribution in [0.4, 0.5) is 0 Å². The summed E-state index contributed by atoms with van der Waals surface area (Å²) in [5.41, 5.74) is 1.33. The molecule has 39 heavy (non-hydrogen) atoms. The number of aliphatic hydroxyl groups is 1. The number of rotatable bonds is 7. The Bertz CT molecular complexity index is 1140. The zero-order chi connectivity index (χ0) is 28.0. The first-order chi connectivity index (χ1) is 18.9. The van der Waals surface area contributed by atoms with Gasteiger partial charge in [-0.2, -0.15) is 0 Å². The lowest BCUT2D eigenvalue weighted by Crippen LogP contribution is -2.50. The lowest BCUT2D eigenvalue weighted by atomic mass is 10.1. The summed E-state index contributed by atoms with van der Waals surface area (Å²) < 4.78 is 11.0. The van der Waals surface area contributed by atoms with Crippen molar-refractivity contribution in [2.75, 3.05) is 33.4 Å². The number of nitrogens with one attached hydrogen (secondary N) is 4. The minimum absolute atomic E-state index is 0.0118. The van der Waals surface area contributed by atoms with E-state index < -0.39 is 42.3 Å². The van der Waals surface area contributed by atoms with Gasteiger partial charge < -0.3 is 35.8 Å². The molecule has 1 aliphatic rings. The number of carbonyl (C=O) groups is 4. The van der Waals surface area contributed by atoms with E-state index in [1.54, 1.807) is 31.4 Å². The third-order valence-electron chi connectivity index (χ3n) is 6.20. The zero-order valence-corrected chi connectivity index (χ0v) is 22.0. The number of aryl methyl sites for hydroxylation is 1. The van der Waals surface area contributed by atoms with Crippen molar-refractivity contribution in [3.05, 3.63) is 59.7 Å². The zero-order valence-electron chi connectivity index (χ0n) is 22.0. The fourth-order valence-corrected chi connectivity index (χ4v) is 4.07. The minimum atomic E-state index is -1.12. The molecule has 5 N–H and O–H groups in total. The van der Waals surface area contributed by atoms with E-state index in [1.807, 2.05) is 24.3 Å². The van der Waals surface area contributed by atoms with Crippen LogP contribution < -0.4 is 30.7 Å². The van der Waals surface area contributed by atoms with Gasteiger partial charge in [-0.15, -0.1) is 0 Å². The van der Waals surface area contributed by atoms with Gasteiger partial charge in [0.15, 0.2) is 0 Å². The van der Waals surface area contributed by atoms with Crippen molar-refractivity contribution in [1.82, 2.24) is 21.3 Å². The fourth-order valence-electron chi connectivity index (χ4n) is 4.07. The van der Waals surface area contributed by atoms with Crippen LogP contribution in [0.25, 0.3) is 0 Å². The first-order valence-electron chi connectivity index (χ1n) is 13.0. The molecular weight excluding hydrogens is 504 g/mol. The monoisotopic (exact) mass is 540 g/mol. The lowest BCUT2D eigenvalue weighted by molar-refractivity contribution is -0.130. The molecule has 11 heteroatoms. The normalized spacial score (nSPS) is 19.0. The summed E-state index contributed by atoms with van der Waals surface area (Å²) >= 11 is 0. The molecule has 2 aromatic rings. The quantitative estimate of drug-likeness (QED) is 0.324. The van der Waals surface area contributed by atoms with Crippen LogP contribution in [0.3, 0.4) is 0 Å². The number of amides is 4. The van der Waals surface area contributed by atoms with E-state index in [-0.39, 0.29) is 31.6 Å². The second kappa shape index (κ2) is 15.3. The van der Waals surface area contributed by atoms with Gasteiger partial charge in [-0.25, -0.2) is 0 Å². The maximum atomic E-state index is 13.1. The highest BCUT2D eigenvalue weighted by atomic mass is 16.5. The Morgan fingerprint density at radius 3 is 2.74 bits per heavy atom. The molecule has 2 aromatic carbocycles. The SMILES string of the molecule is COc1cccc(CCCNC(=O)[C@@H]2CCC(=O)N[C@@H](CO)C(=O)NCCCOc3ccccc3C(=O)N2)c1. The molecule has 1 aliphatic heterocycles. The molecule has 0 spiro atoms. The predicted molar refractivity (Wildman–Crippen MR) is 143 cm³/mol. The summed E-state index contributed by atoms with van der Waals surface area (Å²) in [6.07, 6.45) is 1.65. The van der Waals surface area contributed by atoms with Gasteiger partial charge in [0.1, 0.15) is 23.6 Å². The van der Waals surface area contributed by atoms with Gasteiger partial charge in [0.25, 0.3) is 5.91 Å². The number of aliphatic hydroxyl groups excluding tert-OH is 1. The standard InChI is InChI=1S/C28H36N4O7/c1-38-20-9-4-7-19(17-20)8-5-14-29-27(36)22-12-13-25(34)31-23(18-33)28(37)30-15-6-16-39-24-11-3-2-10-21(24)26(35)32-22/h2-4,7,9-11,17,22-23,33H,5-6,8,12-16,18H2,1H3,(H,29,36)(H,30,37)(H,31,34)(H,32,35)/t22-,23-/m0/s1. The summed E-state index contributed by atoms with van der Waals surface area (Å²) in [5, 5.41) is 20.2. The van der Waals surface area contributed by atoms with Crippen molar-refractivity contribution in [3.8, 4) is 11.5 Å². The molecule has 0 aromatic heterocycles. The van der Waals surface area contributed by atoms with Crippen molar-refractivity contribution >= 4 is 23.6 Å². The van der Waals surface area contributed by atoms with E-state index in [0.29, 0.717) is 31.6 Å². The molecule has 0 fully saturated rings. The summed E-state index contributed by atoms with van der Waals surface area (Å²) in [6, 6.07) is 12.2. The van der Waals surface area contributed by atoms with Gasteiger partial charge >= 0.3 is 0 Å². The third-order valence-corrected chi connectivity index (χ3v) is 6.20. The van der Waals surface area contributed by atoms with Crippen LogP contribution in [0, 0.1) is 0 Å². The molecule has 1 heterocycles. The van der Waals surface area contributed by atoms with Gasteiger partial charge in [0.2, 0.25) is 17.7 Å². The molecule has 0 saturated heterocycles. The first-order valence-corrected chi connectivity index (χ1v) is 13.0. The van der Waals surface area contributed by atoms with Gasteiger partial charge in [-0.1, -0.05) is 24.3 Å². The summed E-state index contributed by atoms with van der Waals surface area (Å²) in [4.78, 5) is 51.1. The highest BCUT2D eigenvalue weighted by Crippen LogP contribution is 2.19. The molecule has 4 amide bonds. The average Bonchev–Trinajstić information content (AvgIpc) is 2.95. The van der Waals surface area contributed by atoms with Crippen molar-refractivity contribution in [1.29, 1.82) is 0 Å². The molecular formula is C28H36N4O7. The van der Waals surface area contributed by atoms with Crippen molar-refractivity contribution in [2.45, 2.75) is 44.2 Å². The van der Waals surface area contributed by atoms with Gasteiger partial charge in [-0.05, 0) is 55.5 Å². The Balaban J connectivity index is 1.69. The number of para-hydroxylation sites is 1. The molecule has 11 nitrogen and oxygen atoms in total. The van der Waals surface area contributed by atoms with Crippen LogP contribution in [0.15, 0.2) is 48.5 Å². The van der Waals surface area contributed by atoms with Gasteiger partial charge in [0, 0.05) is 19.5 Å². The number of benzene rings is 2. The van der Waals surface area contributed by atoms with Crippen LogP contribution in [0.2, 0.25) is 0 Å². The number of fused-ring (bicyclic) bond motifs is 1. The van der Waals surface area contributed by atoms with E-state index in [2.05, 4.69) is 21.3 Å². The van der Waals surface area contributed by atoms with Gasteiger partial charge in [-0.3, -0.25) is 19.2 Å². The van der Waals surface area contributed by atoms with E-state index in [0.717, 1.165) is 11.3 Å². The Kier molecular flexibility index (Phi) is 11.6. The van der Waals surface area contributed by atoms with E-state index in [1.165, 1.54) is 0 Å². The first kappa shape index (κ1) is 29.4. The topological polar surface area (TPSA) is 155 Å². The van der Waals surface area contributed by atoms with E-state index in [9.17, 15) is 24.3 Å². The summed E-state index contributed by atoms with van der Waals surface area (Å²) in [7, 11) is 1.60. The van der Waals surface area contributed by atoms with Crippen molar-refractivity contribution in [3.63, 3.8) is 0 Å². The Hall–Kier alpha value is -4.12. The minimum Gasteiger partial charge on any atom is -0.497 e. The maximum absolute atomic E-state index is 13.1. The van der Waals surface area contributed by atoms with Gasteiger partial charge in [0.05, 0.1) is 25.9 Å². The summed E-state index contributed by atoms with van der Waals surface area (Å²) in [5.74, 6) is -0.874.